The van der Waals surface area contributed by atoms with Crippen LogP contribution in [-0.4, -0.2) is 43.3 Å². The van der Waals surface area contributed by atoms with Crippen molar-refractivity contribution in [3.8, 4) is 0 Å². The third-order valence-electron chi connectivity index (χ3n) is 5.09. The molecule has 0 aromatic heterocycles. The van der Waals surface area contributed by atoms with Gasteiger partial charge in [-0.2, -0.15) is 0 Å². The minimum atomic E-state index is 0.487. The van der Waals surface area contributed by atoms with E-state index in [4.69, 9.17) is 10.5 Å². The van der Waals surface area contributed by atoms with Crippen LogP contribution < -0.4 is 5.73 Å². The van der Waals surface area contributed by atoms with E-state index in [-0.39, 0.29) is 0 Å². The Morgan fingerprint density at radius 2 is 1.79 bits per heavy atom. The van der Waals surface area contributed by atoms with E-state index in [1.54, 1.807) is 0 Å². The molecule has 1 unspecified atom stereocenters. The minimum Gasteiger partial charge on any atom is -0.378 e. The van der Waals surface area contributed by atoms with Crippen molar-refractivity contribution in [1.29, 1.82) is 0 Å². The lowest BCUT2D eigenvalue weighted by atomic mass is 9.83. The third kappa shape index (κ3) is 4.73. The molecular weight excluding hydrogens is 236 g/mol. The number of nitrogens with two attached hydrogens (primary N) is 1. The summed E-state index contributed by atoms with van der Waals surface area (Å²) < 4.78 is 5.89. The first-order chi connectivity index (χ1) is 9.31. The summed E-state index contributed by atoms with van der Waals surface area (Å²) in [5.41, 5.74) is 5.50. The average Bonchev–Trinajstić information content (AvgIpc) is 2.48. The van der Waals surface area contributed by atoms with Gasteiger partial charge in [0.25, 0.3) is 0 Å². The number of hydrogen-bond acceptors (Lipinski definition) is 3. The summed E-state index contributed by atoms with van der Waals surface area (Å²) in [4.78, 5) is 2.71. The van der Waals surface area contributed by atoms with Crippen molar-refractivity contribution in [3.63, 3.8) is 0 Å². The molecule has 19 heavy (non-hydrogen) atoms. The Morgan fingerprint density at radius 1 is 1.11 bits per heavy atom. The molecule has 0 amide bonds. The zero-order chi connectivity index (χ0) is 13.5. The van der Waals surface area contributed by atoms with Crippen molar-refractivity contribution in [2.24, 2.45) is 11.7 Å². The first-order valence-corrected chi connectivity index (χ1v) is 8.37. The van der Waals surface area contributed by atoms with Gasteiger partial charge in [0.15, 0.2) is 0 Å². The van der Waals surface area contributed by atoms with Crippen LogP contribution in [0.15, 0.2) is 0 Å². The third-order valence-corrected chi connectivity index (χ3v) is 5.09. The van der Waals surface area contributed by atoms with Crippen LogP contribution in [0.3, 0.4) is 0 Å². The number of hydrogen-bond donors (Lipinski definition) is 1. The maximum Gasteiger partial charge on any atom is 0.0599 e. The summed E-state index contributed by atoms with van der Waals surface area (Å²) in [5.74, 6) is 0.948. The van der Waals surface area contributed by atoms with Crippen molar-refractivity contribution < 1.29 is 4.74 Å². The van der Waals surface area contributed by atoms with Crippen molar-refractivity contribution in [2.45, 2.75) is 70.4 Å². The van der Waals surface area contributed by atoms with Gasteiger partial charge in [-0.05, 0) is 51.5 Å². The quantitative estimate of drug-likeness (QED) is 0.753. The summed E-state index contributed by atoms with van der Waals surface area (Å²) in [6.45, 7) is 6.50. The zero-order valence-electron chi connectivity index (χ0n) is 12.7. The molecule has 2 rings (SSSR count). The highest BCUT2D eigenvalue weighted by Crippen LogP contribution is 2.30. The van der Waals surface area contributed by atoms with Crippen molar-refractivity contribution in [1.82, 2.24) is 4.90 Å². The average molecular weight is 268 g/mol. The molecule has 1 atom stereocenters. The normalized spacial score (nSPS) is 25.6. The molecule has 1 aliphatic heterocycles. The second kappa shape index (κ2) is 8.23. The van der Waals surface area contributed by atoms with Crippen molar-refractivity contribution >= 4 is 0 Å². The van der Waals surface area contributed by atoms with Crippen LogP contribution in [0.1, 0.15) is 58.3 Å². The van der Waals surface area contributed by atoms with Crippen LogP contribution in [-0.2, 0) is 4.74 Å². The topological polar surface area (TPSA) is 38.5 Å². The molecule has 0 radical (unpaired) electrons. The summed E-state index contributed by atoms with van der Waals surface area (Å²) in [6.07, 6.45) is 11.2. The lowest BCUT2D eigenvalue weighted by Gasteiger charge is -2.40. The zero-order valence-corrected chi connectivity index (χ0v) is 12.7. The molecule has 3 nitrogen and oxygen atoms in total. The predicted octanol–water partition coefficient (Wildman–Crippen LogP) is 2.79. The van der Waals surface area contributed by atoms with Crippen LogP contribution in [0, 0.1) is 5.92 Å². The smallest absolute Gasteiger partial charge is 0.0599 e. The lowest BCUT2D eigenvalue weighted by Crippen LogP contribution is -2.45. The highest BCUT2D eigenvalue weighted by atomic mass is 16.5. The molecule has 1 saturated carbocycles. The first kappa shape index (κ1) is 15.3. The molecule has 0 aromatic carbocycles. The van der Waals surface area contributed by atoms with Gasteiger partial charge in [-0.1, -0.05) is 19.3 Å². The maximum absolute atomic E-state index is 5.89. The van der Waals surface area contributed by atoms with Crippen molar-refractivity contribution in [2.75, 3.05) is 26.2 Å². The highest BCUT2D eigenvalue weighted by Gasteiger charge is 2.28. The largest absolute Gasteiger partial charge is 0.378 e. The standard InChI is InChI=1S/C16H32N2O/c1-14(15-6-3-2-4-7-15)18-11-8-16(9-12-18)19-13-5-10-17/h14-16H,2-13,17H2,1H3. The van der Waals surface area contributed by atoms with E-state index < -0.39 is 0 Å². The second-order valence-electron chi connectivity index (χ2n) is 6.39. The van der Waals surface area contributed by atoms with Gasteiger partial charge in [0.05, 0.1) is 6.10 Å². The van der Waals surface area contributed by atoms with Crippen LogP contribution in [0.4, 0.5) is 0 Å². The Hall–Kier alpha value is -0.120. The SMILES string of the molecule is CC(C1CCCCC1)N1CCC(OCCCN)CC1. The number of piperidine rings is 1. The Balaban J connectivity index is 1.67. The van der Waals surface area contributed by atoms with Crippen molar-refractivity contribution in [3.05, 3.63) is 0 Å². The van der Waals surface area contributed by atoms with E-state index >= 15 is 0 Å². The van der Waals surface area contributed by atoms with Crippen LogP contribution in [0.25, 0.3) is 0 Å². The van der Waals surface area contributed by atoms with Crippen LogP contribution in [0.5, 0.6) is 0 Å². The Morgan fingerprint density at radius 3 is 2.42 bits per heavy atom. The molecule has 1 aliphatic carbocycles. The highest BCUT2D eigenvalue weighted by molar-refractivity contribution is 4.82. The first-order valence-electron chi connectivity index (χ1n) is 8.37. The fourth-order valence-corrected chi connectivity index (χ4v) is 3.70. The van der Waals surface area contributed by atoms with Gasteiger partial charge in [-0.15, -0.1) is 0 Å². The second-order valence-corrected chi connectivity index (χ2v) is 6.39. The monoisotopic (exact) mass is 268 g/mol. The summed E-state index contributed by atoms with van der Waals surface area (Å²) in [6, 6.07) is 0.783. The Labute approximate surface area is 118 Å². The molecule has 0 spiro atoms. The molecule has 2 N–H and O–H groups in total. The molecule has 3 heteroatoms. The van der Waals surface area contributed by atoms with E-state index in [0.717, 1.165) is 31.5 Å². The van der Waals surface area contributed by atoms with E-state index in [2.05, 4.69) is 11.8 Å². The summed E-state index contributed by atoms with van der Waals surface area (Å²) >= 11 is 0. The van der Waals surface area contributed by atoms with Gasteiger partial charge in [0.1, 0.15) is 0 Å². The molecule has 2 fully saturated rings. The molecule has 1 heterocycles. The minimum absolute atomic E-state index is 0.487. The van der Waals surface area contributed by atoms with Gasteiger partial charge in [-0.3, -0.25) is 0 Å². The maximum atomic E-state index is 5.89. The number of rotatable bonds is 6. The summed E-state index contributed by atoms with van der Waals surface area (Å²) in [7, 11) is 0. The molecular formula is C16H32N2O. The van der Waals surface area contributed by atoms with Gasteiger partial charge < -0.3 is 15.4 Å². The number of likely N-dealkylation sites (tertiary alicyclic amines) is 1. The van der Waals surface area contributed by atoms with Crippen LogP contribution in [0.2, 0.25) is 0 Å². The van der Waals surface area contributed by atoms with Gasteiger partial charge in [-0.25, -0.2) is 0 Å². The molecule has 2 aliphatic rings. The number of ether oxygens (including phenoxy) is 1. The Bertz CT molecular complexity index is 233. The Kier molecular flexibility index (Phi) is 6.62. The molecule has 112 valence electrons. The molecule has 0 bridgehead atoms. The number of nitrogens with zero attached hydrogens (tertiary/aromatic N) is 1. The van der Waals surface area contributed by atoms with Gasteiger partial charge in [0.2, 0.25) is 0 Å². The fraction of sp³-hybridized carbons (Fsp3) is 1.00. The summed E-state index contributed by atoms with van der Waals surface area (Å²) in [5, 5.41) is 0. The van der Waals surface area contributed by atoms with Gasteiger partial charge in [0, 0.05) is 25.7 Å². The van der Waals surface area contributed by atoms with E-state index in [9.17, 15) is 0 Å². The van der Waals surface area contributed by atoms with E-state index in [0.29, 0.717) is 6.10 Å². The van der Waals surface area contributed by atoms with E-state index in [1.807, 2.05) is 0 Å². The predicted molar refractivity (Wildman–Crippen MR) is 80.3 cm³/mol. The lowest BCUT2D eigenvalue weighted by molar-refractivity contribution is -0.00897. The van der Waals surface area contributed by atoms with E-state index in [1.165, 1.54) is 58.0 Å². The van der Waals surface area contributed by atoms with Crippen LogP contribution >= 0.6 is 0 Å². The molecule has 0 aromatic rings. The van der Waals surface area contributed by atoms with Gasteiger partial charge >= 0.3 is 0 Å². The fourth-order valence-electron chi connectivity index (χ4n) is 3.70. The molecule has 1 saturated heterocycles.